The average Bonchev–Trinajstić information content (AvgIpc) is 2.26. The van der Waals surface area contributed by atoms with Gasteiger partial charge in [0.1, 0.15) is 0 Å². The van der Waals surface area contributed by atoms with Gasteiger partial charge in [-0.25, -0.2) is 0 Å². The number of rotatable bonds is 2. The van der Waals surface area contributed by atoms with Crippen LogP contribution >= 0.6 is 0 Å². The van der Waals surface area contributed by atoms with Crippen LogP contribution in [0.4, 0.5) is 0 Å². The van der Waals surface area contributed by atoms with Crippen molar-refractivity contribution in [2.75, 3.05) is 13.2 Å². The molecule has 2 rings (SSSR count). The van der Waals surface area contributed by atoms with Crippen LogP contribution in [-0.2, 0) is 14.3 Å². The minimum Gasteiger partial charge on any atom is -0.465 e. The van der Waals surface area contributed by atoms with Crippen molar-refractivity contribution in [2.45, 2.75) is 39.7 Å². The predicted octanol–water partition coefficient (Wildman–Crippen LogP) is 2.31. The molecule has 0 aromatic heterocycles. The second-order valence-electron chi connectivity index (χ2n) is 5.26. The quantitative estimate of drug-likeness (QED) is 0.533. The number of hydrogen-bond donors (Lipinski definition) is 0. The van der Waals surface area contributed by atoms with Crippen molar-refractivity contribution < 1.29 is 14.3 Å². The highest BCUT2D eigenvalue weighted by molar-refractivity contribution is 5.65. The van der Waals surface area contributed by atoms with Gasteiger partial charge in [0.2, 0.25) is 0 Å². The molecule has 2 bridgehead atoms. The summed E-state index contributed by atoms with van der Waals surface area (Å²) in [5, 5.41) is 0. The zero-order valence-corrected chi connectivity index (χ0v) is 10.3. The van der Waals surface area contributed by atoms with Crippen molar-refractivity contribution >= 4 is 5.97 Å². The summed E-state index contributed by atoms with van der Waals surface area (Å²) in [6.07, 6.45) is 4.64. The van der Waals surface area contributed by atoms with Crippen molar-refractivity contribution in [1.82, 2.24) is 0 Å². The van der Waals surface area contributed by atoms with Crippen LogP contribution in [0.15, 0.2) is 11.6 Å². The molecule has 1 aliphatic carbocycles. The Morgan fingerprint density at radius 1 is 1.69 bits per heavy atom. The summed E-state index contributed by atoms with van der Waals surface area (Å²) in [5.41, 5.74) is 1.45. The van der Waals surface area contributed by atoms with Gasteiger partial charge in [-0.3, -0.25) is 4.79 Å². The summed E-state index contributed by atoms with van der Waals surface area (Å²) in [6, 6.07) is 0. The largest absolute Gasteiger partial charge is 0.465 e. The molecule has 2 aliphatic rings. The Labute approximate surface area is 96.8 Å². The summed E-state index contributed by atoms with van der Waals surface area (Å²) in [7, 11) is 0. The molecular weight excluding hydrogens is 204 g/mol. The van der Waals surface area contributed by atoms with E-state index in [2.05, 4.69) is 19.9 Å². The SMILES string of the molecule is CC(=O)OC[C@@]12CC=C(C)[C@H](C1)C(C)OC2. The maximum Gasteiger partial charge on any atom is 0.302 e. The number of allylic oxidation sites excluding steroid dienone is 1. The van der Waals surface area contributed by atoms with E-state index in [0.717, 1.165) is 12.8 Å². The van der Waals surface area contributed by atoms with E-state index in [1.807, 2.05) is 0 Å². The fourth-order valence-electron chi connectivity index (χ4n) is 2.73. The number of carbonyl (C=O) groups is 1. The molecule has 0 aromatic rings. The van der Waals surface area contributed by atoms with Crippen LogP contribution < -0.4 is 0 Å². The second kappa shape index (κ2) is 4.21. The number of carbonyl (C=O) groups excluding carboxylic acids is 1. The van der Waals surface area contributed by atoms with E-state index in [1.165, 1.54) is 12.5 Å². The van der Waals surface area contributed by atoms with Crippen LogP contribution in [0.25, 0.3) is 0 Å². The molecule has 0 saturated carbocycles. The van der Waals surface area contributed by atoms with Gasteiger partial charge >= 0.3 is 5.97 Å². The Kier molecular flexibility index (Phi) is 3.06. The number of esters is 1. The molecule has 3 nitrogen and oxygen atoms in total. The topological polar surface area (TPSA) is 35.5 Å². The van der Waals surface area contributed by atoms with Gasteiger partial charge in [0.15, 0.2) is 0 Å². The third kappa shape index (κ3) is 2.14. The van der Waals surface area contributed by atoms with Gasteiger partial charge in [-0.1, -0.05) is 11.6 Å². The van der Waals surface area contributed by atoms with Gasteiger partial charge in [0.05, 0.1) is 19.3 Å². The summed E-state index contributed by atoms with van der Waals surface area (Å²) >= 11 is 0. The maximum absolute atomic E-state index is 10.9. The Hall–Kier alpha value is -0.830. The second-order valence-corrected chi connectivity index (χ2v) is 5.26. The molecule has 16 heavy (non-hydrogen) atoms. The number of hydrogen-bond acceptors (Lipinski definition) is 3. The lowest BCUT2D eigenvalue weighted by Gasteiger charge is -2.46. The first-order valence-corrected chi connectivity index (χ1v) is 5.94. The summed E-state index contributed by atoms with van der Waals surface area (Å²) in [4.78, 5) is 10.9. The Morgan fingerprint density at radius 2 is 2.44 bits per heavy atom. The summed E-state index contributed by atoms with van der Waals surface area (Å²) < 4.78 is 11.0. The zero-order chi connectivity index (χ0) is 11.8. The van der Waals surface area contributed by atoms with Crippen LogP contribution in [0.3, 0.4) is 0 Å². The van der Waals surface area contributed by atoms with Crippen LogP contribution in [0.2, 0.25) is 0 Å². The Balaban J connectivity index is 2.09. The first-order chi connectivity index (χ1) is 7.52. The van der Waals surface area contributed by atoms with Gasteiger partial charge in [-0.2, -0.15) is 0 Å². The first kappa shape index (κ1) is 11.6. The first-order valence-electron chi connectivity index (χ1n) is 5.94. The molecule has 0 radical (unpaired) electrons. The highest BCUT2D eigenvalue weighted by Crippen LogP contribution is 2.45. The number of fused-ring (bicyclic) bond motifs is 2. The Morgan fingerprint density at radius 3 is 3.12 bits per heavy atom. The van der Waals surface area contributed by atoms with Crippen LogP contribution in [0, 0.1) is 11.3 Å². The van der Waals surface area contributed by atoms with E-state index < -0.39 is 0 Å². The van der Waals surface area contributed by atoms with E-state index in [1.54, 1.807) is 0 Å². The van der Waals surface area contributed by atoms with Crippen molar-refractivity contribution in [2.24, 2.45) is 11.3 Å². The molecule has 1 saturated heterocycles. The Bertz CT molecular complexity index is 321. The molecule has 0 amide bonds. The summed E-state index contributed by atoms with van der Waals surface area (Å²) in [6.45, 7) is 6.97. The highest BCUT2D eigenvalue weighted by atomic mass is 16.5. The van der Waals surface area contributed by atoms with E-state index in [0.29, 0.717) is 25.2 Å². The van der Waals surface area contributed by atoms with Gasteiger partial charge < -0.3 is 9.47 Å². The lowest BCUT2D eigenvalue weighted by Crippen LogP contribution is -2.46. The van der Waals surface area contributed by atoms with E-state index >= 15 is 0 Å². The predicted molar refractivity (Wildman–Crippen MR) is 61.0 cm³/mol. The van der Waals surface area contributed by atoms with E-state index in [4.69, 9.17) is 9.47 Å². The molecule has 3 atom stereocenters. The van der Waals surface area contributed by atoms with Crippen molar-refractivity contribution in [1.29, 1.82) is 0 Å². The van der Waals surface area contributed by atoms with Crippen molar-refractivity contribution in [3.8, 4) is 0 Å². The standard InChI is InChI=1S/C13H20O3/c1-9-4-5-13(8-16-11(3)14)6-12(9)10(2)15-7-13/h4,10,12H,5-8H2,1-3H3/t10?,12-,13-/m0/s1. The molecule has 1 heterocycles. The van der Waals surface area contributed by atoms with Crippen molar-refractivity contribution in [3.63, 3.8) is 0 Å². The molecule has 1 unspecified atom stereocenters. The lowest BCUT2D eigenvalue weighted by atomic mass is 9.68. The van der Waals surface area contributed by atoms with Crippen LogP contribution in [0.1, 0.15) is 33.6 Å². The van der Waals surface area contributed by atoms with Gasteiger partial charge in [-0.05, 0) is 26.7 Å². The van der Waals surface area contributed by atoms with Crippen LogP contribution in [0.5, 0.6) is 0 Å². The molecule has 1 fully saturated rings. The molecule has 0 aromatic carbocycles. The zero-order valence-electron chi connectivity index (χ0n) is 10.3. The maximum atomic E-state index is 10.9. The molecule has 0 spiro atoms. The normalized spacial score (nSPS) is 37.8. The summed E-state index contributed by atoms with van der Waals surface area (Å²) in [5.74, 6) is 0.300. The third-order valence-electron chi connectivity index (χ3n) is 3.90. The average molecular weight is 224 g/mol. The minimum absolute atomic E-state index is 0.0301. The highest BCUT2D eigenvalue weighted by Gasteiger charge is 2.43. The van der Waals surface area contributed by atoms with Gasteiger partial charge in [0.25, 0.3) is 0 Å². The number of ether oxygens (including phenoxy) is 2. The minimum atomic E-state index is -0.198. The van der Waals surface area contributed by atoms with Crippen molar-refractivity contribution in [3.05, 3.63) is 11.6 Å². The molecule has 0 N–H and O–H groups in total. The molecule has 1 aliphatic heterocycles. The molecule has 3 heteroatoms. The fourth-order valence-corrected chi connectivity index (χ4v) is 2.73. The fraction of sp³-hybridized carbons (Fsp3) is 0.769. The molecular formula is C13H20O3. The third-order valence-corrected chi connectivity index (χ3v) is 3.90. The van der Waals surface area contributed by atoms with E-state index in [-0.39, 0.29) is 11.4 Å². The van der Waals surface area contributed by atoms with Gasteiger partial charge in [0, 0.05) is 18.3 Å². The van der Waals surface area contributed by atoms with Crippen LogP contribution in [-0.4, -0.2) is 25.3 Å². The lowest BCUT2D eigenvalue weighted by molar-refractivity contribution is -0.154. The smallest absolute Gasteiger partial charge is 0.302 e. The monoisotopic (exact) mass is 224 g/mol. The molecule has 90 valence electrons. The van der Waals surface area contributed by atoms with E-state index in [9.17, 15) is 4.79 Å². The van der Waals surface area contributed by atoms with Gasteiger partial charge in [-0.15, -0.1) is 0 Å².